The van der Waals surface area contributed by atoms with Crippen LogP contribution in [0.4, 0.5) is 11.4 Å². The van der Waals surface area contributed by atoms with E-state index in [-0.39, 0.29) is 5.69 Å². The first-order valence-corrected chi connectivity index (χ1v) is 8.29. The van der Waals surface area contributed by atoms with Crippen LogP contribution in [-0.2, 0) is 6.54 Å². The van der Waals surface area contributed by atoms with Crippen molar-refractivity contribution in [3.8, 4) is 6.07 Å². The number of aryl methyl sites for hydroxylation is 1. The minimum absolute atomic E-state index is 0.00593. The van der Waals surface area contributed by atoms with Gasteiger partial charge in [-0.2, -0.15) is 5.26 Å². The number of hydrogen-bond acceptors (Lipinski definition) is 5. The number of nitro groups is 1. The highest BCUT2D eigenvalue weighted by Crippen LogP contribution is 2.30. The molecule has 0 radical (unpaired) electrons. The maximum atomic E-state index is 11.3. The molecule has 3 rings (SSSR count). The molecule has 128 valence electrons. The molecular formula is C19H20N4O2. The topological polar surface area (TPSA) is 73.4 Å². The lowest BCUT2D eigenvalue weighted by Gasteiger charge is -2.36. The number of piperazine rings is 1. The van der Waals surface area contributed by atoms with E-state index in [1.807, 2.05) is 17.0 Å². The molecule has 0 aliphatic carbocycles. The summed E-state index contributed by atoms with van der Waals surface area (Å²) in [6.07, 6.45) is 0. The molecule has 1 saturated heterocycles. The van der Waals surface area contributed by atoms with Crippen LogP contribution in [0.1, 0.15) is 16.7 Å². The summed E-state index contributed by atoms with van der Waals surface area (Å²) >= 11 is 0. The Bertz CT molecular complexity index is 820. The van der Waals surface area contributed by atoms with Crippen molar-refractivity contribution in [3.63, 3.8) is 0 Å². The number of nitriles is 1. The van der Waals surface area contributed by atoms with Crippen LogP contribution in [0.2, 0.25) is 0 Å². The monoisotopic (exact) mass is 336 g/mol. The second-order valence-corrected chi connectivity index (χ2v) is 6.26. The van der Waals surface area contributed by atoms with Gasteiger partial charge < -0.3 is 4.90 Å². The zero-order chi connectivity index (χ0) is 17.8. The van der Waals surface area contributed by atoms with Crippen molar-refractivity contribution in [2.24, 2.45) is 0 Å². The summed E-state index contributed by atoms with van der Waals surface area (Å²) in [6, 6.07) is 15.0. The third-order valence-corrected chi connectivity index (χ3v) is 4.67. The molecule has 0 unspecified atom stereocenters. The Morgan fingerprint density at radius 3 is 2.52 bits per heavy atom. The van der Waals surface area contributed by atoms with Crippen molar-refractivity contribution < 1.29 is 4.92 Å². The highest BCUT2D eigenvalue weighted by atomic mass is 16.6. The Morgan fingerprint density at radius 2 is 1.88 bits per heavy atom. The maximum absolute atomic E-state index is 11.3. The van der Waals surface area contributed by atoms with Gasteiger partial charge in [0.25, 0.3) is 5.69 Å². The molecule has 0 saturated carbocycles. The largest absolute Gasteiger partial charge is 0.363 e. The van der Waals surface area contributed by atoms with E-state index < -0.39 is 4.92 Å². The molecule has 2 aromatic rings. The molecule has 0 amide bonds. The van der Waals surface area contributed by atoms with E-state index in [1.165, 1.54) is 17.2 Å². The van der Waals surface area contributed by atoms with E-state index in [0.29, 0.717) is 11.3 Å². The molecule has 0 atom stereocenters. The minimum atomic E-state index is -0.407. The highest BCUT2D eigenvalue weighted by molar-refractivity contribution is 5.65. The number of anilines is 1. The fourth-order valence-corrected chi connectivity index (χ4v) is 3.18. The average Bonchev–Trinajstić information content (AvgIpc) is 2.64. The van der Waals surface area contributed by atoms with Crippen molar-refractivity contribution in [1.29, 1.82) is 5.26 Å². The molecule has 2 aromatic carbocycles. The first kappa shape index (κ1) is 16.9. The van der Waals surface area contributed by atoms with Crippen LogP contribution in [0.25, 0.3) is 0 Å². The summed E-state index contributed by atoms with van der Waals surface area (Å²) in [6.45, 7) is 6.19. The molecule has 1 aliphatic heterocycles. The number of nitrogens with zero attached hydrogens (tertiary/aromatic N) is 4. The van der Waals surface area contributed by atoms with Gasteiger partial charge in [-0.3, -0.25) is 15.0 Å². The maximum Gasteiger partial charge on any atom is 0.293 e. The van der Waals surface area contributed by atoms with Gasteiger partial charge in [-0.25, -0.2) is 0 Å². The summed E-state index contributed by atoms with van der Waals surface area (Å²) in [4.78, 5) is 15.3. The Morgan fingerprint density at radius 1 is 1.16 bits per heavy atom. The lowest BCUT2D eigenvalue weighted by molar-refractivity contribution is -0.384. The zero-order valence-electron chi connectivity index (χ0n) is 14.2. The van der Waals surface area contributed by atoms with Crippen LogP contribution >= 0.6 is 0 Å². The molecule has 0 aromatic heterocycles. The van der Waals surface area contributed by atoms with Crippen LogP contribution in [-0.4, -0.2) is 36.0 Å². The van der Waals surface area contributed by atoms with E-state index in [4.69, 9.17) is 5.26 Å². The quantitative estimate of drug-likeness (QED) is 0.633. The fraction of sp³-hybridized carbons (Fsp3) is 0.316. The Hall–Kier alpha value is -2.91. The summed E-state index contributed by atoms with van der Waals surface area (Å²) < 4.78 is 0. The van der Waals surface area contributed by atoms with Crippen LogP contribution in [0.15, 0.2) is 42.5 Å². The SMILES string of the molecule is Cc1ccccc1CN1CCN(c2ccc(C#N)cc2[N+](=O)[O-])CC1. The Balaban J connectivity index is 1.69. The lowest BCUT2D eigenvalue weighted by Crippen LogP contribution is -2.46. The minimum Gasteiger partial charge on any atom is -0.363 e. The van der Waals surface area contributed by atoms with Gasteiger partial charge in [0.05, 0.1) is 16.6 Å². The van der Waals surface area contributed by atoms with Gasteiger partial charge in [0, 0.05) is 38.8 Å². The molecule has 0 bridgehead atoms. The Kier molecular flexibility index (Phi) is 4.96. The summed E-state index contributed by atoms with van der Waals surface area (Å²) in [5.74, 6) is 0. The molecule has 0 N–H and O–H groups in total. The fourth-order valence-electron chi connectivity index (χ4n) is 3.18. The lowest BCUT2D eigenvalue weighted by atomic mass is 10.1. The molecule has 6 nitrogen and oxygen atoms in total. The number of nitro benzene ring substituents is 1. The molecule has 1 aliphatic rings. The zero-order valence-corrected chi connectivity index (χ0v) is 14.2. The number of benzene rings is 2. The van der Waals surface area contributed by atoms with Crippen molar-refractivity contribution >= 4 is 11.4 Å². The predicted molar refractivity (Wildman–Crippen MR) is 96.5 cm³/mol. The van der Waals surface area contributed by atoms with E-state index >= 15 is 0 Å². The van der Waals surface area contributed by atoms with Gasteiger partial charge in [0.15, 0.2) is 0 Å². The molecule has 1 heterocycles. The number of hydrogen-bond donors (Lipinski definition) is 0. The van der Waals surface area contributed by atoms with Gasteiger partial charge in [-0.15, -0.1) is 0 Å². The van der Waals surface area contributed by atoms with E-state index in [0.717, 1.165) is 32.7 Å². The first-order valence-electron chi connectivity index (χ1n) is 8.29. The van der Waals surface area contributed by atoms with Crippen molar-refractivity contribution in [3.05, 3.63) is 69.3 Å². The van der Waals surface area contributed by atoms with Crippen molar-refractivity contribution in [2.45, 2.75) is 13.5 Å². The van der Waals surface area contributed by atoms with E-state index in [2.05, 4.69) is 30.0 Å². The predicted octanol–water partition coefficient (Wildman–Crippen LogP) is 3.10. The highest BCUT2D eigenvalue weighted by Gasteiger charge is 2.24. The van der Waals surface area contributed by atoms with Crippen molar-refractivity contribution in [2.75, 3.05) is 31.1 Å². The van der Waals surface area contributed by atoms with Crippen molar-refractivity contribution in [1.82, 2.24) is 4.90 Å². The van der Waals surface area contributed by atoms with Crippen LogP contribution in [0, 0.1) is 28.4 Å². The smallest absolute Gasteiger partial charge is 0.293 e. The van der Waals surface area contributed by atoms with Gasteiger partial charge in [0.2, 0.25) is 0 Å². The first-order chi connectivity index (χ1) is 12.1. The Labute approximate surface area is 147 Å². The molecule has 1 fully saturated rings. The summed E-state index contributed by atoms with van der Waals surface area (Å²) in [5.41, 5.74) is 3.52. The second-order valence-electron chi connectivity index (χ2n) is 6.26. The van der Waals surface area contributed by atoms with Gasteiger partial charge in [-0.05, 0) is 30.2 Å². The van der Waals surface area contributed by atoms with Crippen LogP contribution in [0.3, 0.4) is 0 Å². The molecular weight excluding hydrogens is 316 g/mol. The standard InChI is InChI=1S/C19H20N4O2/c1-15-4-2-3-5-17(15)14-21-8-10-22(11-9-21)18-7-6-16(13-20)12-19(18)23(24)25/h2-7,12H,8-11,14H2,1H3. The van der Waals surface area contributed by atoms with E-state index in [1.54, 1.807) is 12.1 Å². The summed E-state index contributed by atoms with van der Waals surface area (Å²) in [7, 11) is 0. The normalized spacial score (nSPS) is 15.0. The van der Waals surface area contributed by atoms with Crippen LogP contribution < -0.4 is 4.90 Å². The molecule has 6 heteroatoms. The van der Waals surface area contributed by atoms with E-state index in [9.17, 15) is 10.1 Å². The van der Waals surface area contributed by atoms with Gasteiger partial charge in [-0.1, -0.05) is 24.3 Å². The summed E-state index contributed by atoms with van der Waals surface area (Å²) in [5, 5.41) is 20.3. The van der Waals surface area contributed by atoms with Gasteiger partial charge >= 0.3 is 0 Å². The molecule has 0 spiro atoms. The third kappa shape index (κ3) is 3.78. The average molecular weight is 336 g/mol. The van der Waals surface area contributed by atoms with Gasteiger partial charge in [0.1, 0.15) is 5.69 Å². The molecule has 25 heavy (non-hydrogen) atoms. The van der Waals surface area contributed by atoms with Crippen LogP contribution in [0.5, 0.6) is 0 Å². The number of rotatable bonds is 4. The second kappa shape index (κ2) is 7.32. The third-order valence-electron chi connectivity index (χ3n) is 4.67.